The third-order valence-corrected chi connectivity index (χ3v) is 4.20. The Morgan fingerprint density at radius 3 is 1.53 bits per heavy atom. The predicted molar refractivity (Wildman–Crippen MR) is 73.7 cm³/mol. The van der Waals surface area contributed by atoms with E-state index < -0.39 is 0 Å². The minimum absolute atomic E-state index is 1.12. The average molecular weight is 218 g/mol. The molecule has 0 N–H and O–H groups in total. The smallest absolute Gasteiger partial charge is 0.000775 e. The van der Waals surface area contributed by atoms with Gasteiger partial charge in [-0.25, -0.2) is 0 Å². The minimum Gasteiger partial charge on any atom is -0.0584 e. The lowest BCUT2D eigenvalue weighted by Crippen LogP contribution is -1.87. The lowest BCUT2D eigenvalue weighted by molar-refractivity contribution is 1.20. The molecule has 0 saturated heterocycles. The molecule has 1 aliphatic rings. The molecule has 0 radical (unpaired) electrons. The van der Waals surface area contributed by atoms with Gasteiger partial charge in [-0.05, 0) is 64.1 Å². The summed E-state index contributed by atoms with van der Waals surface area (Å²) in [6.07, 6.45) is 1.12. The fourth-order valence-electron chi connectivity index (χ4n) is 3.22. The van der Waals surface area contributed by atoms with Crippen LogP contribution in [0.1, 0.15) is 22.3 Å². The van der Waals surface area contributed by atoms with Crippen LogP contribution in [-0.4, -0.2) is 0 Å². The van der Waals surface area contributed by atoms with E-state index in [0.29, 0.717) is 0 Å². The van der Waals surface area contributed by atoms with E-state index in [2.05, 4.69) is 50.2 Å². The Bertz CT molecular complexity index is 712. The summed E-state index contributed by atoms with van der Waals surface area (Å²) in [6, 6.07) is 13.5. The van der Waals surface area contributed by atoms with Gasteiger partial charge in [0.05, 0.1) is 0 Å². The fraction of sp³-hybridized carbons (Fsp3) is 0.176. The summed E-state index contributed by atoms with van der Waals surface area (Å²) in [5.74, 6) is 0. The van der Waals surface area contributed by atoms with Gasteiger partial charge in [0.2, 0.25) is 0 Å². The maximum Gasteiger partial charge on any atom is -0.000775 e. The summed E-state index contributed by atoms with van der Waals surface area (Å²) in [7, 11) is 0. The van der Waals surface area contributed by atoms with E-state index in [1.54, 1.807) is 0 Å². The molecule has 0 amide bonds. The van der Waals surface area contributed by atoms with Crippen molar-refractivity contribution in [3.8, 4) is 0 Å². The summed E-state index contributed by atoms with van der Waals surface area (Å²) >= 11 is 0. The Balaban J connectivity index is 2.37. The molecule has 0 fully saturated rings. The van der Waals surface area contributed by atoms with E-state index in [-0.39, 0.29) is 0 Å². The third kappa shape index (κ3) is 1.03. The number of aryl methyl sites for hydroxylation is 2. The van der Waals surface area contributed by atoms with Crippen molar-refractivity contribution < 1.29 is 0 Å². The van der Waals surface area contributed by atoms with Gasteiger partial charge in [-0.2, -0.15) is 0 Å². The van der Waals surface area contributed by atoms with Crippen molar-refractivity contribution >= 4 is 21.5 Å². The molecule has 0 bridgehead atoms. The summed E-state index contributed by atoms with van der Waals surface area (Å²) in [6.45, 7) is 4.46. The van der Waals surface area contributed by atoms with Crippen molar-refractivity contribution in [2.75, 3.05) is 0 Å². The lowest BCUT2D eigenvalue weighted by Gasteiger charge is -2.05. The molecule has 0 nitrogen and oxygen atoms in total. The zero-order valence-electron chi connectivity index (χ0n) is 10.2. The molecule has 0 aromatic heterocycles. The van der Waals surface area contributed by atoms with Gasteiger partial charge in [-0.3, -0.25) is 0 Å². The van der Waals surface area contributed by atoms with Gasteiger partial charge >= 0.3 is 0 Å². The Kier molecular flexibility index (Phi) is 1.57. The standard InChI is InChI=1S/C17H14/c1-10-3-5-12-7-8-13-6-4-11(2)15-9-14(10)16(12)17(13)15/h3-8H,9H2,1-2H3. The predicted octanol–water partition coefficient (Wildman–Crippen LogP) is 4.51. The van der Waals surface area contributed by atoms with Crippen LogP contribution in [0, 0.1) is 13.8 Å². The maximum atomic E-state index is 2.26. The Morgan fingerprint density at radius 2 is 1.06 bits per heavy atom. The zero-order valence-corrected chi connectivity index (χ0v) is 10.2. The molecule has 17 heavy (non-hydrogen) atoms. The van der Waals surface area contributed by atoms with Crippen LogP contribution in [0.5, 0.6) is 0 Å². The second-order valence-electron chi connectivity index (χ2n) is 5.16. The molecule has 3 aromatic rings. The largest absolute Gasteiger partial charge is 0.0584 e. The molecular weight excluding hydrogens is 204 g/mol. The van der Waals surface area contributed by atoms with Gasteiger partial charge < -0.3 is 0 Å². The molecule has 3 aromatic carbocycles. The molecule has 82 valence electrons. The van der Waals surface area contributed by atoms with Crippen LogP contribution < -0.4 is 0 Å². The molecule has 0 heterocycles. The number of rotatable bonds is 0. The quantitative estimate of drug-likeness (QED) is 0.381. The fourth-order valence-corrected chi connectivity index (χ4v) is 3.22. The molecule has 0 heteroatoms. The Hall–Kier alpha value is -1.82. The molecule has 0 spiro atoms. The minimum atomic E-state index is 1.12. The molecule has 0 atom stereocenters. The highest BCUT2D eigenvalue weighted by Crippen LogP contribution is 2.40. The highest BCUT2D eigenvalue weighted by molar-refractivity contribution is 6.14. The topological polar surface area (TPSA) is 0 Å². The van der Waals surface area contributed by atoms with E-state index in [4.69, 9.17) is 0 Å². The monoisotopic (exact) mass is 218 g/mol. The summed E-state index contributed by atoms with van der Waals surface area (Å²) < 4.78 is 0. The zero-order chi connectivity index (χ0) is 11.6. The molecule has 0 aliphatic heterocycles. The van der Waals surface area contributed by atoms with E-state index in [9.17, 15) is 0 Å². The van der Waals surface area contributed by atoms with Gasteiger partial charge in [0, 0.05) is 0 Å². The van der Waals surface area contributed by atoms with Gasteiger partial charge in [-0.1, -0.05) is 36.4 Å². The molecule has 0 saturated carbocycles. The SMILES string of the molecule is Cc1ccc2ccc3ccc(C)c4c3c2c1C4. The second-order valence-corrected chi connectivity index (χ2v) is 5.16. The lowest BCUT2D eigenvalue weighted by atomic mass is 9.99. The van der Waals surface area contributed by atoms with Gasteiger partial charge in [0.1, 0.15) is 0 Å². The maximum absolute atomic E-state index is 2.26. The van der Waals surface area contributed by atoms with Crippen LogP contribution in [0.15, 0.2) is 36.4 Å². The van der Waals surface area contributed by atoms with Crippen molar-refractivity contribution in [2.24, 2.45) is 0 Å². The number of hydrogen-bond acceptors (Lipinski definition) is 0. The normalized spacial score (nSPS) is 13.1. The molecular formula is C17H14. The van der Waals surface area contributed by atoms with Crippen LogP contribution in [0.2, 0.25) is 0 Å². The molecule has 1 aliphatic carbocycles. The molecule has 0 unspecified atom stereocenters. The van der Waals surface area contributed by atoms with Crippen molar-refractivity contribution in [2.45, 2.75) is 20.3 Å². The summed E-state index contributed by atoms with van der Waals surface area (Å²) in [4.78, 5) is 0. The third-order valence-electron chi connectivity index (χ3n) is 4.20. The molecule has 4 rings (SSSR count). The first-order valence-electron chi connectivity index (χ1n) is 6.19. The van der Waals surface area contributed by atoms with E-state index in [1.165, 1.54) is 43.8 Å². The van der Waals surface area contributed by atoms with E-state index >= 15 is 0 Å². The Labute approximate surface area is 101 Å². The van der Waals surface area contributed by atoms with Crippen molar-refractivity contribution in [1.82, 2.24) is 0 Å². The van der Waals surface area contributed by atoms with Crippen LogP contribution in [0.4, 0.5) is 0 Å². The van der Waals surface area contributed by atoms with Crippen LogP contribution in [-0.2, 0) is 6.42 Å². The first-order chi connectivity index (χ1) is 8.25. The van der Waals surface area contributed by atoms with Crippen molar-refractivity contribution in [3.63, 3.8) is 0 Å². The number of benzene rings is 3. The van der Waals surface area contributed by atoms with Crippen LogP contribution in [0.25, 0.3) is 21.5 Å². The first-order valence-corrected chi connectivity index (χ1v) is 6.19. The second kappa shape index (κ2) is 2.89. The average Bonchev–Trinajstić information content (AvgIpc) is 2.75. The van der Waals surface area contributed by atoms with Crippen molar-refractivity contribution in [3.05, 3.63) is 58.7 Å². The highest BCUT2D eigenvalue weighted by Gasteiger charge is 2.19. The van der Waals surface area contributed by atoms with Crippen LogP contribution in [0.3, 0.4) is 0 Å². The highest BCUT2D eigenvalue weighted by atomic mass is 14.2. The van der Waals surface area contributed by atoms with Crippen LogP contribution >= 0.6 is 0 Å². The summed E-state index contributed by atoms with van der Waals surface area (Å²) in [5.41, 5.74) is 5.94. The van der Waals surface area contributed by atoms with Gasteiger partial charge in [0.25, 0.3) is 0 Å². The van der Waals surface area contributed by atoms with Gasteiger partial charge in [0.15, 0.2) is 0 Å². The first kappa shape index (κ1) is 9.23. The van der Waals surface area contributed by atoms with E-state index in [1.807, 2.05) is 0 Å². The van der Waals surface area contributed by atoms with Gasteiger partial charge in [-0.15, -0.1) is 0 Å². The Morgan fingerprint density at radius 1 is 0.647 bits per heavy atom. The number of hydrogen-bond donors (Lipinski definition) is 0. The summed E-state index contributed by atoms with van der Waals surface area (Å²) in [5, 5.41) is 5.78. The van der Waals surface area contributed by atoms with Crippen molar-refractivity contribution in [1.29, 1.82) is 0 Å². The van der Waals surface area contributed by atoms with E-state index in [0.717, 1.165) is 6.42 Å².